The third-order valence-electron chi connectivity index (χ3n) is 2.50. The first-order chi connectivity index (χ1) is 8.28. The van der Waals surface area contributed by atoms with Gasteiger partial charge in [0.1, 0.15) is 0 Å². The third kappa shape index (κ3) is 3.87. The van der Waals surface area contributed by atoms with E-state index < -0.39 is 23.7 Å². The van der Waals surface area contributed by atoms with Gasteiger partial charge in [0.25, 0.3) is 0 Å². The van der Waals surface area contributed by atoms with Gasteiger partial charge in [-0.05, 0) is 0 Å². The van der Waals surface area contributed by atoms with Gasteiger partial charge in [0.05, 0.1) is 0 Å². The number of methoxy groups -OCH3 is 1. The van der Waals surface area contributed by atoms with Crippen LogP contribution in [0.4, 0.5) is 4.79 Å². The topological polar surface area (TPSA) is 68.2 Å². The molecule has 1 aliphatic heterocycles. The van der Waals surface area contributed by atoms with E-state index in [9.17, 15) is 9.59 Å². The van der Waals surface area contributed by atoms with Gasteiger partial charge in [0.2, 0.25) is 0 Å². The van der Waals surface area contributed by atoms with Crippen LogP contribution in [-0.4, -0.2) is 48.3 Å². The van der Waals surface area contributed by atoms with Gasteiger partial charge in [0.15, 0.2) is 0 Å². The average Bonchev–Trinajstić information content (AvgIpc) is 2.69. The fraction of sp³-hybridized carbons (Fsp3) is 0.818. The van der Waals surface area contributed by atoms with E-state index in [0.29, 0.717) is 13.0 Å². The molecule has 0 N–H and O–H groups in total. The van der Waals surface area contributed by atoms with Crippen molar-refractivity contribution in [3.8, 4) is 0 Å². The maximum atomic E-state index is 12.0. The number of carbonyl (C=O) groups excluding carboxylic acids is 2. The number of hydrogen-bond acceptors (Lipinski definition) is 5. The molecule has 18 heavy (non-hydrogen) atoms. The summed E-state index contributed by atoms with van der Waals surface area (Å²) in [5, 5.41) is 0. The van der Waals surface area contributed by atoms with Gasteiger partial charge in [-0.1, -0.05) is 0 Å². The van der Waals surface area contributed by atoms with Crippen molar-refractivity contribution in [3.05, 3.63) is 0 Å². The van der Waals surface area contributed by atoms with E-state index in [-0.39, 0.29) is 6.04 Å². The summed E-state index contributed by atoms with van der Waals surface area (Å²) in [6.07, 6.45) is -0.0178. The van der Waals surface area contributed by atoms with Crippen LogP contribution in [0.3, 0.4) is 0 Å². The first-order valence-electron chi connectivity index (χ1n) is 5.64. The molecule has 0 aromatic carbocycles. The van der Waals surface area contributed by atoms with Crippen molar-refractivity contribution < 1.29 is 38.7 Å². The second kappa shape index (κ2) is 5.91. The molecule has 6 nitrogen and oxygen atoms in total. The molecular weight excluding hydrogens is 419 g/mol. The van der Waals surface area contributed by atoms with Gasteiger partial charge in [-0.2, -0.15) is 0 Å². The van der Waals surface area contributed by atoms with Gasteiger partial charge in [-0.3, -0.25) is 0 Å². The number of ether oxygens (including phenoxy) is 2. The monoisotopic (exact) mass is 437 g/mol. The molecule has 0 unspecified atom stereocenters. The number of amides is 1. The van der Waals surface area contributed by atoms with Gasteiger partial charge >= 0.3 is 118 Å². The average molecular weight is 437 g/mol. The van der Waals surface area contributed by atoms with E-state index in [4.69, 9.17) is 9.47 Å². The third-order valence-corrected chi connectivity index (χ3v) is 3.33. The van der Waals surface area contributed by atoms with Crippen LogP contribution in [0.25, 0.3) is 0 Å². The van der Waals surface area contributed by atoms with Gasteiger partial charge in [0, 0.05) is 0 Å². The van der Waals surface area contributed by atoms with Crippen molar-refractivity contribution in [2.45, 2.75) is 44.9 Å². The van der Waals surface area contributed by atoms with Gasteiger partial charge < -0.3 is 0 Å². The quantitative estimate of drug-likeness (QED) is 0.611. The molecule has 0 aromatic heterocycles. The number of carbonyl (C=O) groups is 2. The Hall–Kier alpha value is -0.772. The van der Waals surface area contributed by atoms with E-state index in [1.165, 1.54) is 12.0 Å². The first-order valence-corrected chi connectivity index (χ1v) is 6.66. The van der Waals surface area contributed by atoms with Crippen molar-refractivity contribution in [1.29, 1.82) is 0 Å². The summed E-state index contributed by atoms with van der Waals surface area (Å²) in [5.74, 6) is -0.427. The molecule has 0 bridgehead atoms. The molecule has 1 rings (SSSR count). The molecule has 1 aliphatic rings. The molecule has 1 saturated heterocycles. The molecule has 1 amide bonds. The van der Waals surface area contributed by atoms with E-state index in [1.54, 1.807) is 20.8 Å². The SMILES string of the molecule is COC(=O)[C@@H]1C[C@H]([N]=[Pt])CN1C(=O)OC(C)(C)C. The van der Waals surface area contributed by atoms with Crippen LogP contribution in [0, 0.1) is 0 Å². The van der Waals surface area contributed by atoms with E-state index in [2.05, 4.69) is 3.50 Å². The Balaban J connectivity index is 2.80. The van der Waals surface area contributed by atoms with Crippen molar-refractivity contribution in [1.82, 2.24) is 4.90 Å². The number of nitrogens with zero attached hydrogens (tertiary/aromatic N) is 2. The summed E-state index contributed by atoms with van der Waals surface area (Å²) < 4.78 is 14.1. The van der Waals surface area contributed by atoms with Crippen LogP contribution in [-0.2, 0) is 33.9 Å². The summed E-state index contributed by atoms with van der Waals surface area (Å²) in [7, 11) is 1.31. The van der Waals surface area contributed by atoms with E-state index in [1.807, 2.05) is 19.6 Å². The fourth-order valence-electron chi connectivity index (χ4n) is 1.75. The molecule has 2 atom stereocenters. The normalized spacial score (nSPS) is 23.8. The summed E-state index contributed by atoms with van der Waals surface area (Å²) >= 11 is 1.88. The van der Waals surface area contributed by atoms with E-state index >= 15 is 0 Å². The van der Waals surface area contributed by atoms with Gasteiger partial charge in [-0.25, -0.2) is 0 Å². The number of esters is 1. The molecule has 0 saturated carbocycles. The Morgan fingerprint density at radius 3 is 2.44 bits per heavy atom. The van der Waals surface area contributed by atoms with E-state index in [0.717, 1.165) is 0 Å². The van der Waals surface area contributed by atoms with Crippen LogP contribution in [0.15, 0.2) is 3.50 Å². The predicted octanol–water partition coefficient (Wildman–Crippen LogP) is 1.27. The molecule has 1 fully saturated rings. The summed E-state index contributed by atoms with van der Waals surface area (Å²) in [4.78, 5) is 25.0. The molecule has 0 spiro atoms. The number of rotatable bonds is 2. The van der Waals surface area contributed by atoms with Crippen LogP contribution in [0.2, 0.25) is 0 Å². The molecule has 1 heterocycles. The summed E-state index contributed by atoms with van der Waals surface area (Å²) in [5.41, 5.74) is -0.586. The maximum absolute atomic E-state index is 12.0. The van der Waals surface area contributed by atoms with Crippen LogP contribution in [0.5, 0.6) is 0 Å². The number of hydrogen-bond donors (Lipinski definition) is 0. The molecule has 0 aliphatic carbocycles. The fourth-order valence-corrected chi connectivity index (χ4v) is 2.18. The number of likely N-dealkylation sites (tertiary alicyclic amines) is 1. The van der Waals surface area contributed by atoms with Crippen LogP contribution in [0.1, 0.15) is 27.2 Å². The molecule has 0 radical (unpaired) electrons. The van der Waals surface area contributed by atoms with Gasteiger partial charge in [-0.15, -0.1) is 0 Å². The first kappa shape index (κ1) is 15.3. The zero-order chi connectivity index (χ0) is 13.9. The van der Waals surface area contributed by atoms with Crippen molar-refractivity contribution in [2.75, 3.05) is 13.7 Å². The molecule has 0 aromatic rings. The standard InChI is InChI=1S/C11H18N2O4.Pt/c1-11(2,3)17-10(15)13-6-7(12)5-8(13)9(14)16-4;/h7-8H,5-6H2,1-4H3;/t7-,8-;/m0./s1. The van der Waals surface area contributed by atoms with Crippen molar-refractivity contribution in [2.24, 2.45) is 3.50 Å². The van der Waals surface area contributed by atoms with Crippen molar-refractivity contribution >= 4 is 12.1 Å². The van der Waals surface area contributed by atoms with Crippen LogP contribution >= 0.6 is 0 Å². The van der Waals surface area contributed by atoms with Crippen LogP contribution < -0.4 is 0 Å². The predicted molar refractivity (Wildman–Crippen MR) is 59.6 cm³/mol. The molecule has 7 heteroatoms. The molecule has 106 valence electrons. The Labute approximate surface area is 118 Å². The Morgan fingerprint density at radius 2 is 2.00 bits per heavy atom. The Morgan fingerprint density at radius 1 is 1.39 bits per heavy atom. The Kier molecular flexibility index (Phi) is 5.02. The second-order valence-corrected chi connectivity index (χ2v) is 5.73. The summed E-state index contributed by atoms with van der Waals surface area (Å²) in [6.45, 7) is 5.75. The minimum atomic E-state index is -0.603. The minimum absolute atomic E-state index is 0.0525. The molecular formula is C11H18N2O4Pt. The Bertz CT molecular complexity index is 353. The zero-order valence-corrected chi connectivity index (χ0v) is 13.2. The second-order valence-electron chi connectivity index (χ2n) is 5.14. The van der Waals surface area contributed by atoms with Crippen molar-refractivity contribution in [3.63, 3.8) is 0 Å². The summed E-state index contributed by atoms with van der Waals surface area (Å²) in [6, 6.07) is -0.656. The zero-order valence-electron chi connectivity index (χ0n) is 10.9.